The minimum Gasteiger partial charge on any atom is -0.495 e. The molecule has 0 radical (unpaired) electrons. The Morgan fingerprint density at radius 3 is 2.32 bits per heavy atom. The molecular formula is C16H23NO4S. The molecule has 0 saturated heterocycles. The number of hydrogen-bond donors (Lipinski definition) is 0. The van der Waals surface area contributed by atoms with E-state index in [2.05, 4.69) is 13.8 Å². The molecule has 0 heterocycles. The predicted molar refractivity (Wildman–Crippen MR) is 90.4 cm³/mol. The fourth-order valence-corrected chi connectivity index (χ4v) is 3.04. The lowest BCUT2D eigenvalue weighted by Crippen LogP contribution is -1.95. The minimum atomic E-state index is -0.493. The number of benzene rings is 1. The van der Waals surface area contributed by atoms with Gasteiger partial charge in [-0.1, -0.05) is 20.3 Å². The summed E-state index contributed by atoms with van der Waals surface area (Å²) in [5.41, 5.74) is 0.678. The van der Waals surface area contributed by atoms with E-state index in [0.29, 0.717) is 23.0 Å². The highest BCUT2D eigenvalue weighted by Gasteiger charge is 2.13. The Kier molecular flexibility index (Phi) is 7.80. The van der Waals surface area contributed by atoms with Crippen molar-refractivity contribution in [1.29, 1.82) is 0 Å². The van der Waals surface area contributed by atoms with Gasteiger partial charge in [0.25, 0.3) is 0 Å². The smallest absolute Gasteiger partial charge is 0.235 e. The molecule has 0 amide bonds. The second kappa shape index (κ2) is 9.35. The number of rotatable bonds is 9. The molecule has 1 aromatic carbocycles. The predicted octanol–water partition coefficient (Wildman–Crippen LogP) is 4.48. The molecule has 1 aromatic rings. The van der Waals surface area contributed by atoms with E-state index in [1.54, 1.807) is 38.1 Å². The molecule has 0 atom stereocenters. The third kappa shape index (κ3) is 5.97. The van der Waals surface area contributed by atoms with Crippen molar-refractivity contribution >= 4 is 17.8 Å². The first-order chi connectivity index (χ1) is 10.5. The average Bonchev–Trinajstić information content (AvgIpc) is 2.49. The summed E-state index contributed by atoms with van der Waals surface area (Å²) in [5, 5.41) is 10.4. The van der Waals surface area contributed by atoms with E-state index in [1.807, 2.05) is 0 Å². The molecule has 0 saturated carbocycles. The standard InChI is InChI=1S/C16H23NO4S/c1-12(2)6-5-9-22-16-14(20-3)10-13(7-8-17(18)19)11-15(16)21-4/h7-8,10-12H,5-6,9H2,1-4H3/b8-7+. The van der Waals surface area contributed by atoms with E-state index in [9.17, 15) is 10.1 Å². The maximum atomic E-state index is 10.4. The minimum absolute atomic E-state index is 0.493. The Morgan fingerprint density at radius 2 is 1.86 bits per heavy atom. The van der Waals surface area contributed by atoms with Crippen LogP contribution in [0.25, 0.3) is 6.08 Å². The van der Waals surface area contributed by atoms with E-state index in [4.69, 9.17) is 9.47 Å². The van der Waals surface area contributed by atoms with Crippen molar-refractivity contribution in [3.63, 3.8) is 0 Å². The van der Waals surface area contributed by atoms with Gasteiger partial charge in [0.1, 0.15) is 11.5 Å². The summed E-state index contributed by atoms with van der Waals surface area (Å²) >= 11 is 1.69. The van der Waals surface area contributed by atoms with Crippen LogP contribution in [0.5, 0.6) is 11.5 Å². The molecule has 0 bridgehead atoms. The molecular weight excluding hydrogens is 302 g/mol. The average molecular weight is 325 g/mol. The zero-order valence-corrected chi connectivity index (χ0v) is 14.3. The van der Waals surface area contributed by atoms with Crippen molar-refractivity contribution in [2.75, 3.05) is 20.0 Å². The fraction of sp³-hybridized carbons (Fsp3) is 0.500. The SMILES string of the molecule is COc1cc(/C=C/[N+](=O)[O-])cc(OC)c1SCCCC(C)C. The van der Waals surface area contributed by atoms with Crippen LogP contribution in [0.15, 0.2) is 23.2 Å². The third-order valence-corrected chi connectivity index (χ3v) is 4.23. The summed E-state index contributed by atoms with van der Waals surface area (Å²) in [6.07, 6.45) is 4.64. The van der Waals surface area contributed by atoms with Gasteiger partial charge in [0.15, 0.2) is 0 Å². The Balaban J connectivity index is 2.93. The van der Waals surface area contributed by atoms with E-state index in [0.717, 1.165) is 23.3 Å². The molecule has 0 aliphatic carbocycles. The summed E-state index contributed by atoms with van der Waals surface area (Å²) in [6, 6.07) is 3.57. The van der Waals surface area contributed by atoms with E-state index in [1.165, 1.54) is 12.5 Å². The number of ether oxygens (including phenoxy) is 2. The second-order valence-electron chi connectivity index (χ2n) is 5.24. The van der Waals surface area contributed by atoms with Gasteiger partial charge in [-0.3, -0.25) is 10.1 Å². The highest BCUT2D eigenvalue weighted by molar-refractivity contribution is 7.99. The van der Waals surface area contributed by atoms with Gasteiger partial charge in [-0.25, -0.2) is 0 Å². The quantitative estimate of drug-likeness (QED) is 0.290. The van der Waals surface area contributed by atoms with Gasteiger partial charge >= 0.3 is 0 Å². The summed E-state index contributed by atoms with van der Waals surface area (Å²) < 4.78 is 10.8. The lowest BCUT2D eigenvalue weighted by atomic mass is 10.1. The van der Waals surface area contributed by atoms with Crippen LogP contribution in [0.1, 0.15) is 32.3 Å². The molecule has 6 heteroatoms. The Hall–Kier alpha value is -1.69. The number of thioether (sulfide) groups is 1. The van der Waals surface area contributed by atoms with Crippen LogP contribution in [0.2, 0.25) is 0 Å². The maximum absolute atomic E-state index is 10.4. The normalized spacial score (nSPS) is 11.1. The van der Waals surface area contributed by atoms with E-state index in [-0.39, 0.29) is 0 Å². The van der Waals surface area contributed by atoms with E-state index >= 15 is 0 Å². The van der Waals surface area contributed by atoms with Crippen LogP contribution >= 0.6 is 11.8 Å². The first kappa shape index (κ1) is 18.4. The highest BCUT2D eigenvalue weighted by atomic mass is 32.2. The molecule has 0 unspecified atom stereocenters. The number of methoxy groups -OCH3 is 2. The second-order valence-corrected chi connectivity index (χ2v) is 6.35. The number of hydrogen-bond acceptors (Lipinski definition) is 5. The van der Waals surface area contributed by atoms with E-state index < -0.39 is 4.92 Å². The van der Waals surface area contributed by atoms with Gasteiger partial charge in [-0.2, -0.15) is 0 Å². The summed E-state index contributed by atoms with van der Waals surface area (Å²) in [4.78, 5) is 10.9. The molecule has 0 fully saturated rings. The molecule has 0 aromatic heterocycles. The van der Waals surface area contributed by atoms with Gasteiger partial charge in [-0.15, -0.1) is 11.8 Å². The number of nitrogens with zero attached hydrogens (tertiary/aromatic N) is 1. The Bertz CT molecular complexity index is 504. The monoisotopic (exact) mass is 325 g/mol. The van der Waals surface area contributed by atoms with Crippen LogP contribution in [0, 0.1) is 16.0 Å². The highest BCUT2D eigenvalue weighted by Crippen LogP contribution is 2.39. The van der Waals surface area contributed by atoms with Crippen LogP contribution in [-0.4, -0.2) is 24.9 Å². The summed E-state index contributed by atoms with van der Waals surface area (Å²) in [7, 11) is 3.18. The lowest BCUT2D eigenvalue weighted by Gasteiger charge is -2.14. The zero-order chi connectivity index (χ0) is 16.5. The summed E-state index contributed by atoms with van der Waals surface area (Å²) in [6.45, 7) is 4.42. The molecule has 22 heavy (non-hydrogen) atoms. The third-order valence-electron chi connectivity index (χ3n) is 3.04. The molecule has 0 N–H and O–H groups in total. The zero-order valence-electron chi connectivity index (χ0n) is 13.5. The molecule has 0 aliphatic rings. The molecule has 0 spiro atoms. The van der Waals surface area contributed by atoms with Crippen LogP contribution in [-0.2, 0) is 0 Å². The molecule has 0 aliphatic heterocycles. The first-order valence-corrected chi connectivity index (χ1v) is 8.17. The van der Waals surface area contributed by atoms with Crippen molar-refractivity contribution in [1.82, 2.24) is 0 Å². The van der Waals surface area contributed by atoms with Gasteiger partial charge in [0.2, 0.25) is 6.20 Å². The Labute approximate surface area is 135 Å². The summed E-state index contributed by atoms with van der Waals surface area (Å²) in [5.74, 6) is 3.03. The van der Waals surface area contributed by atoms with Crippen LogP contribution < -0.4 is 9.47 Å². The van der Waals surface area contributed by atoms with Crippen molar-refractivity contribution in [2.24, 2.45) is 5.92 Å². The molecule has 1 rings (SSSR count). The van der Waals surface area contributed by atoms with Crippen molar-refractivity contribution in [3.05, 3.63) is 34.0 Å². The first-order valence-electron chi connectivity index (χ1n) is 7.18. The van der Waals surface area contributed by atoms with Gasteiger partial charge in [0.05, 0.1) is 24.0 Å². The Morgan fingerprint density at radius 1 is 1.27 bits per heavy atom. The van der Waals surface area contributed by atoms with Gasteiger partial charge in [-0.05, 0) is 35.8 Å². The van der Waals surface area contributed by atoms with Gasteiger partial charge < -0.3 is 9.47 Å². The largest absolute Gasteiger partial charge is 0.495 e. The van der Waals surface area contributed by atoms with Crippen molar-refractivity contribution in [3.8, 4) is 11.5 Å². The number of nitro groups is 1. The molecule has 5 nitrogen and oxygen atoms in total. The lowest BCUT2D eigenvalue weighted by molar-refractivity contribution is -0.400. The van der Waals surface area contributed by atoms with Crippen molar-refractivity contribution < 1.29 is 14.4 Å². The maximum Gasteiger partial charge on any atom is 0.235 e. The van der Waals surface area contributed by atoms with Crippen molar-refractivity contribution in [2.45, 2.75) is 31.6 Å². The van der Waals surface area contributed by atoms with Gasteiger partial charge in [0, 0.05) is 6.08 Å². The van der Waals surface area contributed by atoms with Crippen LogP contribution in [0.4, 0.5) is 0 Å². The van der Waals surface area contributed by atoms with Crippen LogP contribution in [0.3, 0.4) is 0 Å². The fourth-order valence-electron chi connectivity index (χ4n) is 1.95. The molecule has 122 valence electrons. The topological polar surface area (TPSA) is 61.6 Å².